The zero-order chi connectivity index (χ0) is 19.8. The number of hydrogen-bond donors (Lipinski definition) is 4. The van der Waals surface area contributed by atoms with Crippen LogP contribution in [0.2, 0.25) is 0 Å². The van der Waals surface area contributed by atoms with Crippen LogP contribution in [-0.4, -0.2) is 30.9 Å². The molecule has 2 aromatic rings. The number of anilines is 2. The normalized spacial score (nSPS) is 10.0. The number of halogens is 2. The molecule has 0 aliphatic heterocycles. The number of urea groups is 1. The van der Waals surface area contributed by atoms with Gasteiger partial charge in [-0.25, -0.2) is 13.6 Å². The maximum Gasteiger partial charge on any atom is 0.319 e. The van der Waals surface area contributed by atoms with Gasteiger partial charge in [-0.1, -0.05) is 0 Å². The predicted octanol–water partition coefficient (Wildman–Crippen LogP) is 2.47. The predicted molar refractivity (Wildman–Crippen MR) is 96.5 cm³/mol. The van der Waals surface area contributed by atoms with Gasteiger partial charge in [-0.3, -0.25) is 9.59 Å². The first-order valence-corrected chi connectivity index (χ1v) is 8.01. The van der Waals surface area contributed by atoms with E-state index in [0.29, 0.717) is 11.3 Å². The third kappa shape index (κ3) is 6.38. The van der Waals surface area contributed by atoms with Gasteiger partial charge in [-0.05, 0) is 36.4 Å². The highest BCUT2D eigenvalue weighted by Crippen LogP contribution is 2.12. The van der Waals surface area contributed by atoms with Crippen LogP contribution in [0.1, 0.15) is 17.3 Å². The topological polar surface area (TPSA) is 99.3 Å². The Balaban J connectivity index is 1.72. The number of hydrogen-bond acceptors (Lipinski definition) is 3. The van der Waals surface area contributed by atoms with Crippen molar-refractivity contribution in [1.29, 1.82) is 0 Å². The van der Waals surface area contributed by atoms with Crippen molar-refractivity contribution in [2.75, 3.05) is 23.7 Å². The molecule has 0 aliphatic carbocycles. The molecule has 0 atom stereocenters. The number of nitrogens with one attached hydrogen (secondary N) is 4. The quantitative estimate of drug-likeness (QED) is 0.583. The summed E-state index contributed by atoms with van der Waals surface area (Å²) in [6.45, 7) is 1.68. The molecule has 0 aliphatic rings. The molecule has 0 unspecified atom stereocenters. The third-order valence-electron chi connectivity index (χ3n) is 3.34. The number of benzene rings is 2. The lowest BCUT2D eigenvalue weighted by Gasteiger charge is -2.09. The molecule has 142 valence electrons. The molecule has 0 spiro atoms. The van der Waals surface area contributed by atoms with E-state index in [1.807, 2.05) is 0 Å². The van der Waals surface area contributed by atoms with Crippen molar-refractivity contribution in [2.24, 2.45) is 0 Å². The summed E-state index contributed by atoms with van der Waals surface area (Å²) in [5, 5.41) is 10.0. The van der Waals surface area contributed by atoms with Gasteiger partial charge in [0.15, 0.2) is 11.6 Å². The Bertz CT molecular complexity index is 841. The molecule has 2 rings (SSSR count). The number of carbonyl (C=O) groups is 3. The smallest absolute Gasteiger partial charge is 0.319 e. The number of amides is 4. The van der Waals surface area contributed by atoms with E-state index in [2.05, 4.69) is 21.3 Å². The summed E-state index contributed by atoms with van der Waals surface area (Å²) < 4.78 is 25.9. The minimum atomic E-state index is -1.07. The lowest BCUT2D eigenvalue weighted by atomic mass is 10.2. The van der Waals surface area contributed by atoms with Crippen molar-refractivity contribution in [2.45, 2.75) is 6.92 Å². The van der Waals surface area contributed by atoms with Gasteiger partial charge < -0.3 is 21.3 Å². The average molecular weight is 376 g/mol. The highest BCUT2D eigenvalue weighted by Gasteiger charge is 2.07. The molecule has 0 aromatic heterocycles. The SMILES string of the molecule is CC(=O)Nc1ccc(C(=O)NCCNC(=O)Nc2ccc(F)c(F)c2)cc1. The molecule has 0 radical (unpaired) electrons. The first-order chi connectivity index (χ1) is 12.8. The van der Waals surface area contributed by atoms with Crippen molar-refractivity contribution in [1.82, 2.24) is 10.6 Å². The summed E-state index contributed by atoms with van der Waals surface area (Å²) in [4.78, 5) is 34.6. The van der Waals surface area contributed by atoms with Gasteiger partial charge in [0, 0.05) is 43.0 Å². The Hall–Kier alpha value is -3.49. The molecule has 7 nitrogen and oxygen atoms in total. The van der Waals surface area contributed by atoms with Crippen LogP contribution < -0.4 is 21.3 Å². The summed E-state index contributed by atoms with van der Waals surface area (Å²) >= 11 is 0. The van der Waals surface area contributed by atoms with Gasteiger partial charge in [-0.2, -0.15) is 0 Å². The standard InChI is InChI=1S/C18H18F2N4O3/c1-11(25)23-13-4-2-12(3-5-13)17(26)21-8-9-22-18(27)24-14-6-7-15(19)16(20)10-14/h2-7,10H,8-9H2,1H3,(H,21,26)(H,23,25)(H2,22,24,27). The molecule has 27 heavy (non-hydrogen) atoms. The molecular weight excluding hydrogens is 358 g/mol. The zero-order valence-electron chi connectivity index (χ0n) is 14.4. The van der Waals surface area contributed by atoms with Crippen LogP contribution in [0.15, 0.2) is 42.5 Å². The van der Waals surface area contributed by atoms with Gasteiger partial charge in [0.05, 0.1) is 0 Å². The summed E-state index contributed by atoms with van der Waals surface area (Å²) in [6, 6.07) is 8.70. The Morgan fingerprint density at radius 3 is 2.07 bits per heavy atom. The molecule has 4 amide bonds. The van der Waals surface area contributed by atoms with Crippen LogP contribution in [0.4, 0.5) is 25.0 Å². The fourth-order valence-electron chi connectivity index (χ4n) is 2.11. The Labute approximate surface area is 154 Å². The van der Waals surface area contributed by atoms with Crippen LogP contribution in [0, 0.1) is 11.6 Å². The van der Waals surface area contributed by atoms with Gasteiger partial charge in [0.25, 0.3) is 5.91 Å². The molecule has 2 aromatic carbocycles. The second-order valence-corrected chi connectivity index (χ2v) is 5.52. The van der Waals surface area contributed by atoms with E-state index in [-0.39, 0.29) is 30.6 Å². The van der Waals surface area contributed by atoms with E-state index < -0.39 is 17.7 Å². The van der Waals surface area contributed by atoms with Crippen LogP contribution >= 0.6 is 0 Å². The molecule has 4 N–H and O–H groups in total. The lowest BCUT2D eigenvalue weighted by molar-refractivity contribution is -0.114. The van der Waals surface area contributed by atoms with Crippen LogP contribution in [0.5, 0.6) is 0 Å². The van der Waals surface area contributed by atoms with E-state index in [4.69, 9.17) is 0 Å². The summed E-state index contributed by atoms with van der Waals surface area (Å²) in [6.07, 6.45) is 0. The van der Waals surface area contributed by atoms with Crippen LogP contribution in [0.3, 0.4) is 0 Å². The van der Waals surface area contributed by atoms with Crippen molar-refractivity contribution in [3.8, 4) is 0 Å². The fourth-order valence-corrected chi connectivity index (χ4v) is 2.11. The maximum atomic E-state index is 13.1. The van der Waals surface area contributed by atoms with E-state index in [0.717, 1.165) is 12.1 Å². The molecule has 0 heterocycles. The van der Waals surface area contributed by atoms with E-state index in [1.165, 1.54) is 13.0 Å². The zero-order valence-corrected chi connectivity index (χ0v) is 14.4. The van der Waals surface area contributed by atoms with Crippen molar-refractivity contribution < 1.29 is 23.2 Å². The van der Waals surface area contributed by atoms with E-state index in [1.54, 1.807) is 24.3 Å². The minimum absolute atomic E-state index is 0.106. The highest BCUT2D eigenvalue weighted by molar-refractivity contribution is 5.95. The molecule has 0 saturated heterocycles. The monoisotopic (exact) mass is 376 g/mol. The number of carbonyl (C=O) groups excluding carboxylic acids is 3. The Morgan fingerprint density at radius 1 is 0.815 bits per heavy atom. The molecule has 0 bridgehead atoms. The second kappa shape index (κ2) is 9.27. The highest BCUT2D eigenvalue weighted by atomic mass is 19.2. The first kappa shape index (κ1) is 19.8. The molecular formula is C18H18F2N4O3. The van der Waals surface area contributed by atoms with Crippen molar-refractivity contribution >= 4 is 29.2 Å². The largest absolute Gasteiger partial charge is 0.350 e. The second-order valence-electron chi connectivity index (χ2n) is 5.52. The maximum absolute atomic E-state index is 13.1. The summed E-state index contributed by atoms with van der Waals surface area (Å²) in [5.74, 6) is -2.62. The van der Waals surface area contributed by atoms with Crippen LogP contribution in [-0.2, 0) is 4.79 Å². The Kier molecular flexibility index (Phi) is 6.81. The van der Waals surface area contributed by atoms with E-state index >= 15 is 0 Å². The number of rotatable bonds is 6. The van der Waals surface area contributed by atoms with Gasteiger partial charge in [-0.15, -0.1) is 0 Å². The Morgan fingerprint density at radius 2 is 1.44 bits per heavy atom. The minimum Gasteiger partial charge on any atom is -0.350 e. The molecule has 9 heteroatoms. The van der Waals surface area contributed by atoms with Crippen LogP contribution in [0.25, 0.3) is 0 Å². The van der Waals surface area contributed by atoms with Crippen molar-refractivity contribution in [3.05, 3.63) is 59.7 Å². The third-order valence-corrected chi connectivity index (χ3v) is 3.34. The first-order valence-electron chi connectivity index (χ1n) is 8.01. The lowest BCUT2D eigenvalue weighted by Crippen LogP contribution is -2.36. The molecule has 0 fully saturated rings. The summed E-state index contributed by atoms with van der Waals surface area (Å²) in [5.41, 5.74) is 1.08. The van der Waals surface area contributed by atoms with Crippen molar-refractivity contribution in [3.63, 3.8) is 0 Å². The van der Waals surface area contributed by atoms with Gasteiger partial charge in [0.2, 0.25) is 5.91 Å². The van der Waals surface area contributed by atoms with E-state index in [9.17, 15) is 23.2 Å². The molecule has 0 saturated carbocycles. The van der Waals surface area contributed by atoms with Gasteiger partial charge >= 0.3 is 6.03 Å². The summed E-state index contributed by atoms with van der Waals surface area (Å²) in [7, 11) is 0. The fraction of sp³-hybridized carbons (Fsp3) is 0.167. The average Bonchev–Trinajstić information content (AvgIpc) is 2.62. The van der Waals surface area contributed by atoms with Gasteiger partial charge in [0.1, 0.15) is 0 Å².